The predicted molar refractivity (Wildman–Crippen MR) is 59.1 cm³/mol. The van der Waals surface area contributed by atoms with Crippen molar-refractivity contribution in [1.29, 1.82) is 0 Å². The van der Waals surface area contributed by atoms with Crippen molar-refractivity contribution in [3.63, 3.8) is 0 Å². The molecule has 1 aliphatic rings. The number of rotatable bonds is 5. The van der Waals surface area contributed by atoms with E-state index in [1.807, 2.05) is 0 Å². The summed E-state index contributed by atoms with van der Waals surface area (Å²) in [5, 5.41) is 5.83. The van der Waals surface area contributed by atoms with E-state index in [0.717, 1.165) is 0 Å². The minimum Gasteiger partial charge on any atom is -0.380 e. The fraction of sp³-hybridized carbons (Fsp3) is 0.889. The first-order valence-electron chi connectivity index (χ1n) is 4.97. The van der Waals surface area contributed by atoms with E-state index in [2.05, 4.69) is 10.6 Å². The SMILES string of the molecule is COC1CNC(C(=O)NCCS(C)=O)C1. The van der Waals surface area contributed by atoms with Crippen LogP contribution in [0.4, 0.5) is 0 Å². The van der Waals surface area contributed by atoms with Crippen molar-refractivity contribution < 1.29 is 13.7 Å². The van der Waals surface area contributed by atoms with Gasteiger partial charge >= 0.3 is 0 Å². The van der Waals surface area contributed by atoms with E-state index < -0.39 is 10.8 Å². The lowest BCUT2D eigenvalue weighted by molar-refractivity contribution is -0.122. The molecular weight excluding hydrogens is 216 g/mol. The Hall–Kier alpha value is -0.460. The molecule has 2 N–H and O–H groups in total. The maximum absolute atomic E-state index is 11.6. The van der Waals surface area contributed by atoms with Crippen LogP contribution in [-0.4, -0.2) is 54.5 Å². The summed E-state index contributed by atoms with van der Waals surface area (Å²) in [6.07, 6.45) is 2.46. The van der Waals surface area contributed by atoms with E-state index in [9.17, 15) is 9.00 Å². The summed E-state index contributed by atoms with van der Waals surface area (Å²) in [5.74, 6) is 0.478. The van der Waals surface area contributed by atoms with Crippen molar-refractivity contribution in [2.75, 3.05) is 32.2 Å². The van der Waals surface area contributed by atoms with E-state index in [0.29, 0.717) is 25.3 Å². The summed E-state index contributed by atoms with van der Waals surface area (Å²) in [7, 11) is 0.794. The minimum absolute atomic E-state index is 0.0278. The Morgan fingerprint density at radius 1 is 1.67 bits per heavy atom. The molecule has 1 amide bonds. The van der Waals surface area contributed by atoms with Gasteiger partial charge in [0.05, 0.1) is 12.1 Å². The van der Waals surface area contributed by atoms with Crippen LogP contribution in [0.2, 0.25) is 0 Å². The zero-order chi connectivity index (χ0) is 11.3. The van der Waals surface area contributed by atoms with Crippen LogP contribution in [0.15, 0.2) is 0 Å². The van der Waals surface area contributed by atoms with Gasteiger partial charge in [0.25, 0.3) is 0 Å². The second-order valence-electron chi connectivity index (χ2n) is 3.62. The first-order chi connectivity index (χ1) is 7.13. The van der Waals surface area contributed by atoms with Crippen LogP contribution in [0.3, 0.4) is 0 Å². The summed E-state index contributed by atoms with van der Waals surface area (Å²) in [5.41, 5.74) is 0. The van der Waals surface area contributed by atoms with E-state index in [-0.39, 0.29) is 18.1 Å². The average molecular weight is 234 g/mol. The summed E-state index contributed by atoms with van der Waals surface area (Å²) in [6.45, 7) is 1.19. The molecule has 0 aromatic heterocycles. The van der Waals surface area contributed by atoms with E-state index in [4.69, 9.17) is 4.74 Å². The number of hydrogen-bond donors (Lipinski definition) is 2. The van der Waals surface area contributed by atoms with Crippen LogP contribution in [0, 0.1) is 0 Å². The Kier molecular flexibility index (Phi) is 5.21. The van der Waals surface area contributed by atoms with Crippen LogP contribution in [-0.2, 0) is 20.3 Å². The third-order valence-corrected chi connectivity index (χ3v) is 3.21. The smallest absolute Gasteiger partial charge is 0.237 e. The number of carbonyl (C=O) groups excluding carboxylic acids is 1. The minimum atomic E-state index is -0.852. The largest absolute Gasteiger partial charge is 0.380 e. The molecule has 6 heteroatoms. The maximum Gasteiger partial charge on any atom is 0.237 e. The zero-order valence-electron chi connectivity index (χ0n) is 9.12. The van der Waals surface area contributed by atoms with Gasteiger partial charge in [0.15, 0.2) is 0 Å². The van der Waals surface area contributed by atoms with Crippen molar-refractivity contribution in [2.45, 2.75) is 18.6 Å². The van der Waals surface area contributed by atoms with Gasteiger partial charge in [0.1, 0.15) is 0 Å². The topological polar surface area (TPSA) is 67.4 Å². The van der Waals surface area contributed by atoms with Crippen molar-refractivity contribution in [3.05, 3.63) is 0 Å². The monoisotopic (exact) mass is 234 g/mol. The van der Waals surface area contributed by atoms with Crippen molar-refractivity contribution >= 4 is 16.7 Å². The molecule has 88 valence electrons. The van der Waals surface area contributed by atoms with Gasteiger partial charge in [-0.15, -0.1) is 0 Å². The number of hydrogen-bond acceptors (Lipinski definition) is 4. The Bertz CT molecular complexity index is 248. The Morgan fingerprint density at radius 3 is 2.93 bits per heavy atom. The molecule has 1 heterocycles. The van der Waals surface area contributed by atoms with Gasteiger partial charge in [-0.3, -0.25) is 9.00 Å². The zero-order valence-corrected chi connectivity index (χ0v) is 9.93. The fourth-order valence-electron chi connectivity index (χ4n) is 1.52. The summed E-state index contributed by atoms with van der Waals surface area (Å²) in [6, 6.07) is -0.166. The lowest BCUT2D eigenvalue weighted by atomic mass is 10.2. The molecule has 0 bridgehead atoms. The highest BCUT2D eigenvalue weighted by Gasteiger charge is 2.28. The van der Waals surface area contributed by atoms with E-state index in [1.165, 1.54) is 0 Å². The van der Waals surface area contributed by atoms with Crippen LogP contribution in [0.1, 0.15) is 6.42 Å². The lowest BCUT2D eigenvalue weighted by Crippen LogP contribution is -2.41. The standard InChI is InChI=1S/C9H18N2O3S/c1-14-7-5-8(11-6-7)9(12)10-3-4-15(2)13/h7-8,11H,3-6H2,1-2H3,(H,10,12). The number of carbonyl (C=O) groups is 1. The first kappa shape index (κ1) is 12.6. The van der Waals surface area contributed by atoms with Crippen LogP contribution in [0.25, 0.3) is 0 Å². The highest BCUT2D eigenvalue weighted by Crippen LogP contribution is 2.09. The van der Waals surface area contributed by atoms with E-state index in [1.54, 1.807) is 13.4 Å². The molecule has 3 atom stereocenters. The lowest BCUT2D eigenvalue weighted by Gasteiger charge is -2.10. The molecule has 0 aromatic carbocycles. The number of amides is 1. The summed E-state index contributed by atoms with van der Waals surface area (Å²) < 4.78 is 15.9. The molecule has 5 nitrogen and oxygen atoms in total. The van der Waals surface area contributed by atoms with Gasteiger partial charge in [-0.2, -0.15) is 0 Å². The average Bonchev–Trinajstić information content (AvgIpc) is 2.65. The molecule has 1 aliphatic heterocycles. The van der Waals surface area contributed by atoms with Crippen molar-refractivity contribution in [3.8, 4) is 0 Å². The quantitative estimate of drug-likeness (QED) is 0.631. The molecule has 0 aliphatic carbocycles. The molecule has 0 aromatic rings. The highest BCUT2D eigenvalue weighted by atomic mass is 32.2. The first-order valence-corrected chi connectivity index (χ1v) is 6.70. The summed E-state index contributed by atoms with van der Waals surface area (Å²) in [4.78, 5) is 11.6. The second kappa shape index (κ2) is 6.19. The normalized spacial score (nSPS) is 27.6. The van der Waals surface area contributed by atoms with Crippen LogP contribution >= 0.6 is 0 Å². The van der Waals surface area contributed by atoms with Gasteiger partial charge < -0.3 is 15.4 Å². The Balaban J connectivity index is 2.20. The van der Waals surface area contributed by atoms with Crippen molar-refractivity contribution in [2.24, 2.45) is 0 Å². The van der Waals surface area contributed by atoms with E-state index >= 15 is 0 Å². The molecule has 0 spiro atoms. The third-order valence-electron chi connectivity index (χ3n) is 2.43. The Labute approximate surface area is 92.4 Å². The Morgan fingerprint density at radius 2 is 2.40 bits per heavy atom. The van der Waals surface area contributed by atoms with Crippen LogP contribution < -0.4 is 10.6 Å². The molecule has 0 radical (unpaired) electrons. The molecule has 0 saturated carbocycles. The maximum atomic E-state index is 11.6. The number of nitrogens with one attached hydrogen (secondary N) is 2. The predicted octanol–water partition coefficient (Wildman–Crippen LogP) is -1.14. The second-order valence-corrected chi connectivity index (χ2v) is 5.18. The van der Waals surface area contributed by atoms with Gasteiger partial charge in [0.2, 0.25) is 5.91 Å². The molecule has 1 saturated heterocycles. The third kappa shape index (κ3) is 4.27. The molecule has 3 unspecified atom stereocenters. The number of ether oxygens (including phenoxy) is 1. The molecule has 1 fully saturated rings. The van der Waals surface area contributed by atoms with Gasteiger partial charge in [-0.25, -0.2) is 0 Å². The molecule has 15 heavy (non-hydrogen) atoms. The fourth-order valence-corrected chi connectivity index (χ4v) is 1.91. The van der Waals surface area contributed by atoms with Gasteiger partial charge in [-0.05, 0) is 6.42 Å². The van der Waals surface area contributed by atoms with Gasteiger partial charge in [-0.1, -0.05) is 0 Å². The van der Waals surface area contributed by atoms with Crippen LogP contribution in [0.5, 0.6) is 0 Å². The molecular formula is C9H18N2O3S. The number of methoxy groups -OCH3 is 1. The van der Waals surface area contributed by atoms with Crippen molar-refractivity contribution in [1.82, 2.24) is 10.6 Å². The molecule has 1 rings (SSSR count). The highest BCUT2D eigenvalue weighted by molar-refractivity contribution is 7.84. The van der Waals surface area contributed by atoms with Gasteiger partial charge in [0, 0.05) is 43.0 Å². The summed E-state index contributed by atoms with van der Waals surface area (Å²) >= 11 is 0.